The fourth-order valence-corrected chi connectivity index (χ4v) is 1.96. The molecule has 1 unspecified atom stereocenters. The minimum Gasteiger partial charge on any atom is -0.316 e. The molecule has 1 aliphatic heterocycles. The SMILES string of the molecule is CCC(CC)C(=O)C(C)C1CNC1. The predicted octanol–water partition coefficient (Wildman–Crippen LogP) is 1.85. The summed E-state index contributed by atoms with van der Waals surface area (Å²) in [7, 11) is 0. The van der Waals surface area contributed by atoms with Gasteiger partial charge in [0.05, 0.1) is 0 Å². The van der Waals surface area contributed by atoms with Crippen LogP contribution in [0.5, 0.6) is 0 Å². The number of carbonyl (C=O) groups is 1. The summed E-state index contributed by atoms with van der Waals surface area (Å²) in [6.07, 6.45) is 2.00. The van der Waals surface area contributed by atoms with Crippen LogP contribution in [0.1, 0.15) is 33.6 Å². The summed E-state index contributed by atoms with van der Waals surface area (Å²) in [4.78, 5) is 11.9. The summed E-state index contributed by atoms with van der Waals surface area (Å²) in [5.74, 6) is 1.66. The Labute approximate surface area is 81.1 Å². The van der Waals surface area contributed by atoms with Gasteiger partial charge in [0.25, 0.3) is 0 Å². The van der Waals surface area contributed by atoms with E-state index in [1.165, 1.54) is 0 Å². The molecule has 0 aromatic rings. The quantitative estimate of drug-likeness (QED) is 0.704. The molecular formula is C11H21NO. The van der Waals surface area contributed by atoms with E-state index in [1.54, 1.807) is 0 Å². The van der Waals surface area contributed by atoms with Crippen LogP contribution >= 0.6 is 0 Å². The normalized spacial score (nSPS) is 20.0. The fraction of sp³-hybridized carbons (Fsp3) is 0.909. The number of carbonyl (C=O) groups excluding carboxylic acids is 1. The van der Waals surface area contributed by atoms with Crippen LogP contribution in [0.25, 0.3) is 0 Å². The molecule has 1 saturated heterocycles. The molecule has 13 heavy (non-hydrogen) atoms. The molecule has 0 spiro atoms. The van der Waals surface area contributed by atoms with E-state index in [1.807, 2.05) is 0 Å². The summed E-state index contributed by atoms with van der Waals surface area (Å²) >= 11 is 0. The van der Waals surface area contributed by atoms with Gasteiger partial charge in [-0.2, -0.15) is 0 Å². The summed E-state index contributed by atoms with van der Waals surface area (Å²) in [5, 5.41) is 3.22. The highest BCUT2D eigenvalue weighted by Crippen LogP contribution is 2.23. The molecule has 0 aromatic carbocycles. The topological polar surface area (TPSA) is 29.1 Å². The van der Waals surface area contributed by atoms with Gasteiger partial charge >= 0.3 is 0 Å². The second kappa shape index (κ2) is 4.75. The Hall–Kier alpha value is -0.370. The van der Waals surface area contributed by atoms with Crippen molar-refractivity contribution in [3.8, 4) is 0 Å². The van der Waals surface area contributed by atoms with Crippen molar-refractivity contribution in [2.75, 3.05) is 13.1 Å². The summed E-state index contributed by atoms with van der Waals surface area (Å²) in [5.41, 5.74) is 0. The molecule has 0 radical (unpaired) electrons. The largest absolute Gasteiger partial charge is 0.316 e. The van der Waals surface area contributed by atoms with Crippen molar-refractivity contribution < 1.29 is 4.79 Å². The zero-order chi connectivity index (χ0) is 9.84. The monoisotopic (exact) mass is 183 g/mol. The van der Waals surface area contributed by atoms with E-state index in [-0.39, 0.29) is 5.92 Å². The Bertz CT molecular complexity index is 171. The summed E-state index contributed by atoms with van der Waals surface area (Å²) in [6, 6.07) is 0. The molecule has 2 heteroatoms. The number of nitrogens with one attached hydrogen (secondary N) is 1. The van der Waals surface area contributed by atoms with E-state index < -0.39 is 0 Å². The number of rotatable bonds is 5. The average molecular weight is 183 g/mol. The molecule has 0 aromatic heterocycles. The predicted molar refractivity (Wildman–Crippen MR) is 54.6 cm³/mol. The summed E-state index contributed by atoms with van der Waals surface area (Å²) in [6.45, 7) is 8.38. The lowest BCUT2D eigenvalue weighted by Gasteiger charge is -2.33. The van der Waals surface area contributed by atoms with Crippen LogP contribution in [0, 0.1) is 17.8 Å². The second-order valence-corrected chi connectivity index (χ2v) is 4.12. The first-order valence-electron chi connectivity index (χ1n) is 5.45. The first kappa shape index (κ1) is 10.7. The molecular weight excluding hydrogens is 162 g/mol. The van der Waals surface area contributed by atoms with Gasteiger partial charge in [-0.3, -0.25) is 4.79 Å². The van der Waals surface area contributed by atoms with Crippen molar-refractivity contribution >= 4 is 5.78 Å². The molecule has 1 aliphatic rings. The van der Waals surface area contributed by atoms with Gasteiger partial charge in [-0.05, 0) is 31.8 Å². The Morgan fingerprint density at radius 3 is 2.23 bits per heavy atom. The molecule has 2 nitrogen and oxygen atoms in total. The van der Waals surface area contributed by atoms with Crippen molar-refractivity contribution in [1.82, 2.24) is 5.32 Å². The zero-order valence-electron chi connectivity index (χ0n) is 8.97. The molecule has 1 N–H and O–H groups in total. The lowest BCUT2D eigenvalue weighted by atomic mass is 9.80. The van der Waals surface area contributed by atoms with Crippen LogP contribution in [-0.2, 0) is 4.79 Å². The van der Waals surface area contributed by atoms with E-state index in [0.29, 0.717) is 17.6 Å². The standard InChI is InChI=1S/C11H21NO/c1-4-9(5-2)11(13)8(3)10-6-12-7-10/h8-10,12H,4-7H2,1-3H3. The smallest absolute Gasteiger partial charge is 0.139 e. The lowest BCUT2D eigenvalue weighted by molar-refractivity contribution is -0.128. The van der Waals surface area contributed by atoms with Gasteiger partial charge in [0, 0.05) is 11.8 Å². The number of hydrogen-bond donors (Lipinski definition) is 1. The van der Waals surface area contributed by atoms with E-state index in [4.69, 9.17) is 0 Å². The molecule has 0 bridgehead atoms. The van der Waals surface area contributed by atoms with Crippen molar-refractivity contribution in [2.45, 2.75) is 33.6 Å². The zero-order valence-corrected chi connectivity index (χ0v) is 8.97. The molecule has 0 saturated carbocycles. The molecule has 0 aliphatic carbocycles. The van der Waals surface area contributed by atoms with E-state index in [9.17, 15) is 4.79 Å². The molecule has 76 valence electrons. The maximum Gasteiger partial charge on any atom is 0.139 e. The van der Waals surface area contributed by atoms with Gasteiger partial charge in [-0.15, -0.1) is 0 Å². The van der Waals surface area contributed by atoms with Crippen LogP contribution in [-0.4, -0.2) is 18.9 Å². The van der Waals surface area contributed by atoms with Gasteiger partial charge in [0.15, 0.2) is 0 Å². The third-order valence-corrected chi connectivity index (χ3v) is 3.36. The first-order valence-corrected chi connectivity index (χ1v) is 5.45. The molecule has 1 atom stereocenters. The second-order valence-electron chi connectivity index (χ2n) is 4.12. The fourth-order valence-electron chi connectivity index (χ4n) is 1.96. The van der Waals surface area contributed by atoms with Gasteiger partial charge < -0.3 is 5.32 Å². The Morgan fingerprint density at radius 1 is 1.38 bits per heavy atom. The Morgan fingerprint density at radius 2 is 1.92 bits per heavy atom. The third-order valence-electron chi connectivity index (χ3n) is 3.36. The Balaban J connectivity index is 2.44. The molecule has 1 rings (SSSR count). The van der Waals surface area contributed by atoms with Gasteiger partial charge in [-0.25, -0.2) is 0 Å². The average Bonchev–Trinajstić information content (AvgIpc) is 2.03. The van der Waals surface area contributed by atoms with E-state index >= 15 is 0 Å². The van der Waals surface area contributed by atoms with Gasteiger partial charge in [0.1, 0.15) is 5.78 Å². The minimum atomic E-state index is 0.270. The molecule has 1 fully saturated rings. The maximum absolute atomic E-state index is 11.9. The van der Waals surface area contributed by atoms with Crippen LogP contribution in [0.3, 0.4) is 0 Å². The lowest BCUT2D eigenvalue weighted by Crippen LogP contribution is -2.48. The van der Waals surface area contributed by atoms with Crippen molar-refractivity contribution in [3.05, 3.63) is 0 Å². The first-order chi connectivity index (χ1) is 6.20. The van der Waals surface area contributed by atoms with E-state index in [2.05, 4.69) is 26.1 Å². The highest BCUT2D eigenvalue weighted by atomic mass is 16.1. The van der Waals surface area contributed by atoms with Crippen LogP contribution in [0.4, 0.5) is 0 Å². The minimum absolute atomic E-state index is 0.270. The number of ketones is 1. The Kier molecular flexibility index (Phi) is 3.91. The van der Waals surface area contributed by atoms with Gasteiger partial charge in [0.2, 0.25) is 0 Å². The van der Waals surface area contributed by atoms with Crippen molar-refractivity contribution in [2.24, 2.45) is 17.8 Å². The highest BCUT2D eigenvalue weighted by Gasteiger charge is 2.31. The number of hydrogen-bond acceptors (Lipinski definition) is 2. The summed E-state index contributed by atoms with van der Waals surface area (Å²) < 4.78 is 0. The maximum atomic E-state index is 11.9. The van der Waals surface area contributed by atoms with Gasteiger partial charge in [-0.1, -0.05) is 20.8 Å². The third kappa shape index (κ3) is 2.31. The number of Topliss-reactive ketones (excluding diaryl/α,β-unsaturated/α-hetero) is 1. The van der Waals surface area contributed by atoms with Crippen LogP contribution in [0.15, 0.2) is 0 Å². The molecule has 0 amide bonds. The van der Waals surface area contributed by atoms with Crippen LogP contribution < -0.4 is 5.32 Å². The van der Waals surface area contributed by atoms with Crippen molar-refractivity contribution in [3.63, 3.8) is 0 Å². The highest BCUT2D eigenvalue weighted by molar-refractivity contribution is 5.83. The molecule has 1 heterocycles. The van der Waals surface area contributed by atoms with E-state index in [0.717, 1.165) is 25.9 Å². The van der Waals surface area contributed by atoms with Crippen LogP contribution in [0.2, 0.25) is 0 Å². The van der Waals surface area contributed by atoms with Crippen molar-refractivity contribution in [1.29, 1.82) is 0 Å².